The maximum Gasteiger partial charge on any atom is 0.311 e. The van der Waals surface area contributed by atoms with Crippen LogP contribution in [0.1, 0.15) is 38.5 Å². The lowest BCUT2D eigenvalue weighted by Crippen LogP contribution is -2.85. The summed E-state index contributed by atoms with van der Waals surface area (Å²) in [7, 11) is -0.520. The fourth-order valence-electron chi connectivity index (χ4n) is 9.28. The number of carbonyl (C=O) groups is 1. The van der Waals surface area contributed by atoms with Gasteiger partial charge in [0, 0.05) is 19.8 Å². The van der Waals surface area contributed by atoms with Crippen LogP contribution >= 0.6 is 0 Å². The summed E-state index contributed by atoms with van der Waals surface area (Å²) >= 11 is 0. The lowest BCUT2D eigenvalue weighted by atomic mass is 9.49. The van der Waals surface area contributed by atoms with Gasteiger partial charge in [0.05, 0.1) is 15.2 Å². The van der Waals surface area contributed by atoms with Crippen molar-refractivity contribution in [1.82, 2.24) is 9.47 Å². The molecule has 1 heterocycles. The summed E-state index contributed by atoms with van der Waals surface area (Å²) in [5, 5.41) is 0. The Morgan fingerprint density at radius 1 is 0.846 bits per heavy atom. The summed E-state index contributed by atoms with van der Waals surface area (Å²) in [5.74, 6) is 2.89. The van der Waals surface area contributed by atoms with Gasteiger partial charge in [-0.3, -0.25) is 0 Å². The molecule has 0 spiro atoms. The highest BCUT2D eigenvalue weighted by Gasteiger charge is 2.74. The highest BCUT2D eigenvalue weighted by atomic mass is 29.6. The van der Waals surface area contributed by atoms with Crippen molar-refractivity contribution in [3.63, 3.8) is 0 Å². The zero-order valence-electron chi connectivity index (χ0n) is 18.4. The molecular weight excluding hydrogens is 368 g/mol. The van der Waals surface area contributed by atoms with E-state index in [2.05, 4.69) is 62.8 Å². The van der Waals surface area contributed by atoms with E-state index in [4.69, 9.17) is 0 Å². The minimum Gasteiger partial charge on any atom is -0.357 e. The van der Waals surface area contributed by atoms with Gasteiger partial charge in [0.15, 0.2) is 7.27 Å². The Morgan fingerprint density at radius 3 is 1.58 bits per heavy atom. The fraction of sp³-hybridized carbons (Fsp3) is 0.950. The maximum atomic E-state index is 13.4. The molecule has 1 atom stereocenters. The van der Waals surface area contributed by atoms with Crippen LogP contribution in [0.2, 0.25) is 39.3 Å². The normalized spacial score (nSPS) is 42.1. The molecule has 6 heteroatoms. The number of hydrogen-bond acceptors (Lipinski definition) is 1. The number of urea groups is 1. The van der Waals surface area contributed by atoms with Gasteiger partial charge in [-0.25, -0.2) is 4.79 Å². The van der Waals surface area contributed by atoms with Gasteiger partial charge in [-0.1, -0.05) is 39.3 Å². The molecule has 148 valence electrons. The minimum absolute atomic E-state index is 0.363. The van der Waals surface area contributed by atoms with Crippen LogP contribution in [0, 0.1) is 23.2 Å². The van der Waals surface area contributed by atoms with Crippen molar-refractivity contribution in [2.45, 2.75) is 83.5 Å². The third-order valence-electron chi connectivity index (χ3n) is 8.85. The average Bonchev–Trinajstić information content (AvgIpc) is 2.67. The van der Waals surface area contributed by atoms with Crippen molar-refractivity contribution in [1.29, 1.82) is 0 Å². The Labute approximate surface area is 163 Å². The van der Waals surface area contributed by atoms with Crippen LogP contribution in [0.5, 0.6) is 0 Å². The molecule has 1 unspecified atom stereocenters. The molecule has 0 aromatic carbocycles. The third kappa shape index (κ3) is 2.24. The largest absolute Gasteiger partial charge is 0.357 e. The summed E-state index contributed by atoms with van der Waals surface area (Å²) in [4.78, 5) is 15.8. The maximum absolute atomic E-state index is 13.4. The van der Waals surface area contributed by atoms with Crippen LogP contribution < -0.4 is 0 Å². The van der Waals surface area contributed by atoms with Crippen molar-refractivity contribution in [2.75, 3.05) is 14.1 Å². The van der Waals surface area contributed by atoms with Crippen molar-refractivity contribution >= 4 is 28.5 Å². The van der Waals surface area contributed by atoms with Gasteiger partial charge in [-0.15, -0.1) is 0 Å². The van der Waals surface area contributed by atoms with E-state index in [-0.39, 0.29) is 0 Å². The number of amides is 2. The first kappa shape index (κ1) is 19.2. The molecule has 5 rings (SSSR count). The first-order chi connectivity index (χ1) is 11.8. The molecule has 0 aromatic rings. The Morgan fingerprint density at radius 2 is 1.23 bits per heavy atom. The van der Waals surface area contributed by atoms with E-state index in [1.54, 1.807) is 0 Å². The standard InChI is InChI=1S/C20H40N2OSi3/c1-21-18(20-12-15-9-16(13-20)11-17(10-15)14-20)26(24(3,4)5,25(6,7)8)22(2)19(21)23/h15-18H,9-14H2,1-8H3. The van der Waals surface area contributed by atoms with E-state index in [1.165, 1.54) is 38.5 Å². The van der Waals surface area contributed by atoms with Gasteiger partial charge < -0.3 is 9.47 Å². The Hall–Kier alpha value is -0.0794. The molecule has 0 aromatic heterocycles. The fourth-order valence-corrected chi connectivity index (χ4v) is 59.5. The quantitative estimate of drug-likeness (QED) is 0.610. The van der Waals surface area contributed by atoms with Gasteiger partial charge in [0.2, 0.25) is 0 Å². The summed E-state index contributed by atoms with van der Waals surface area (Å²) in [6.45, 7) is 15.6. The lowest BCUT2D eigenvalue weighted by molar-refractivity contribution is -0.0710. The second-order valence-corrected chi connectivity index (χ2v) is 39.2. The van der Waals surface area contributed by atoms with E-state index in [0.29, 0.717) is 17.1 Å². The van der Waals surface area contributed by atoms with Crippen molar-refractivity contribution in [2.24, 2.45) is 23.2 Å². The highest BCUT2D eigenvalue weighted by molar-refractivity contribution is 7.68. The van der Waals surface area contributed by atoms with Crippen LogP contribution in [-0.4, -0.2) is 57.7 Å². The van der Waals surface area contributed by atoms with Crippen LogP contribution in [0.25, 0.3) is 0 Å². The summed E-state index contributed by atoms with van der Waals surface area (Å²) in [6, 6.07) is 0.363. The van der Waals surface area contributed by atoms with Crippen LogP contribution in [0.3, 0.4) is 0 Å². The van der Waals surface area contributed by atoms with Crippen LogP contribution in [0.4, 0.5) is 4.79 Å². The molecule has 4 bridgehead atoms. The molecule has 1 saturated heterocycles. The molecular formula is C20H40N2OSi3. The third-order valence-corrected chi connectivity index (χ3v) is 47.3. The van der Waals surface area contributed by atoms with Crippen molar-refractivity contribution in [3.05, 3.63) is 0 Å². The topological polar surface area (TPSA) is 23.6 Å². The van der Waals surface area contributed by atoms with Gasteiger partial charge in [0.25, 0.3) is 0 Å². The second kappa shape index (κ2) is 5.50. The molecule has 4 saturated carbocycles. The van der Waals surface area contributed by atoms with E-state index in [0.717, 1.165) is 17.8 Å². The molecule has 3 nitrogen and oxygen atoms in total. The van der Waals surface area contributed by atoms with Gasteiger partial charge in [-0.2, -0.15) is 0 Å². The zero-order chi connectivity index (χ0) is 19.3. The monoisotopic (exact) mass is 408 g/mol. The molecule has 2 amide bonds. The van der Waals surface area contributed by atoms with Crippen molar-refractivity contribution in [3.8, 4) is 0 Å². The minimum atomic E-state index is -1.89. The van der Waals surface area contributed by atoms with Crippen LogP contribution in [0.15, 0.2) is 0 Å². The number of hydrogen-bond donors (Lipinski definition) is 0. The summed E-state index contributed by atoms with van der Waals surface area (Å²) < 4.78 is 2.41. The van der Waals surface area contributed by atoms with E-state index in [9.17, 15) is 4.79 Å². The highest BCUT2D eigenvalue weighted by Crippen LogP contribution is 2.65. The molecule has 26 heavy (non-hydrogen) atoms. The Balaban J connectivity index is 1.91. The lowest BCUT2D eigenvalue weighted by Gasteiger charge is -2.65. The molecule has 0 radical (unpaired) electrons. The number of nitrogens with zero attached hydrogens (tertiary/aromatic N) is 2. The molecule has 1 aliphatic heterocycles. The predicted octanol–water partition coefficient (Wildman–Crippen LogP) is 4.89. The summed E-state index contributed by atoms with van der Waals surface area (Å²) in [6.07, 6.45) is 8.77. The molecule has 5 aliphatic rings. The Kier molecular flexibility index (Phi) is 4.07. The van der Waals surface area contributed by atoms with E-state index >= 15 is 0 Å². The molecule has 4 aliphatic carbocycles. The second-order valence-electron chi connectivity index (χ2n) is 12.4. The van der Waals surface area contributed by atoms with Gasteiger partial charge >= 0.3 is 6.03 Å². The van der Waals surface area contributed by atoms with Gasteiger partial charge in [-0.05, 0) is 61.7 Å². The number of rotatable bonds is 3. The van der Waals surface area contributed by atoms with Crippen molar-refractivity contribution < 1.29 is 4.79 Å². The average molecular weight is 409 g/mol. The molecule has 5 fully saturated rings. The summed E-state index contributed by atoms with van der Waals surface area (Å²) in [5.41, 5.74) is 1.04. The van der Waals surface area contributed by atoms with E-state index < -0.39 is 22.5 Å². The predicted molar refractivity (Wildman–Crippen MR) is 118 cm³/mol. The first-order valence-electron chi connectivity index (χ1n) is 10.8. The van der Waals surface area contributed by atoms with Gasteiger partial charge in [0.1, 0.15) is 0 Å². The molecule has 0 N–H and O–H groups in total. The zero-order valence-corrected chi connectivity index (χ0v) is 21.4. The smallest absolute Gasteiger partial charge is 0.311 e. The number of carbonyl (C=O) groups excluding carboxylic acids is 1. The van der Waals surface area contributed by atoms with Crippen LogP contribution in [-0.2, 0) is 0 Å². The SMILES string of the molecule is CN1C(=O)N(C)[Si]([Si](C)(C)C)([Si](C)(C)C)C1C12CC3CC(CC(C3)C1)C2. The van der Waals surface area contributed by atoms with E-state index in [1.807, 2.05) is 0 Å². The first-order valence-corrected chi connectivity index (χ1v) is 21.9. The Bertz CT molecular complexity index is 572.